The van der Waals surface area contributed by atoms with Crippen LogP contribution in [-0.2, 0) is 4.79 Å². The zero-order valence-electron chi connectivity index (χ0n) is 20.5. The molecule has 3 aromatic rings. The summed E-state index contributed by atoms with van der Waals surface area (Å²) < 4.78 is 11.1. The Morgan fingerprint density at radius 1 is 1.19 bits per heavy atom. The zero-order valence-corrected chi connectivity index (χ0v) is 20.5. The molecule has 8 heteroatoms. The van der Waals surface area contributed by atoms with E-state index in [1.165, 1.54) is 4.90 Å². The first-order valence-electron chi connectivity index (χ1n) is 11.4. The van der Waals surface area contributed by atoms with Crippen molar-refractivity contribution in [3.05, 3.63) is 72.1 Å². The summed E-state index contributed by atoms with van der Waals surface area (Å²) in [7, 11) is 3.21. The summed E-state index contributed by atoms with van der Waals surface area (Å²) >= 11 is 0. The third-order valence-electron chi connectivity index (χ3n) is 5.57. The Kier molecular flexibility index (Phi) is 6.95. The lowest BCUT2D eigenvalue weighted by Crippen LogP contribution is -2.49. The number of amides is 2. The lowest BCUT2D eigenvalue weighted by Gasteiger charge is -2.20. The van der Waals surface area contributed by atoms with Gasteiger partial charge in [0.2, 0.25) is 0 Å². The van der Waals surface area contributed by atoms with Crippen LogP contribution in [0.3, 0.4) is 0 Å². The van der Waals surface area contributed by atoms with E-state index in [1.54, 1.807) is 64.5 Å². The van der Waals surface area contributed by atoms with Gasteiger partial charge in [-0.25, -0.2) is 0 Å². The standard InChI is InChI=1S/C28H27N3O5/c1-28(2,34)12-10-18-8-9-25-24(14-18)31(3)27(33)23(17-36-25)30-26(32)22-16-20(11-13-29-22)19-6-5-7-21(15-19)35-4/h5-9,11,13-16,23,34H,17H2,1-4H3,(H,30,32)/t23-/m1/s1. The number of hydrogen-bond acceptors (Lipinski definition) is 6. The van der Waals surface area contributed by atoms with E-state index in [1.807, 2.05) is 24.3 Å². The Morgan fingerprint density at radius 2 is 1.97 bits per heavy atom. The fraction of sp³-hybridized carbons (Fsp3) is 0.250. The minimum absolute atomic E-state index is 0.0355. The van der Waals surface area contributed by atoms with E-state index in [0.29, 0.717) is 22.7 Å². The number of ether oxygens (including phenoxy) is 2. The molecule has 0 unspecified atom stereocenters. The molecule has 0 bridgehead atoms. The van der Waals surface area contributed by atoms with Crippen LogP contribution < -0.4 is 19.7 Å². The van der Waals surface area contributed by atoms with Gasteiger partial charge >= 0.3 is 0 Å². The van der Waals surface area contributed by atoms with Crippen LogP contribution in [0.2, 0.25) is 0 Å². The number of carbonyl (C=O) groups is 2. The monoisotopic (exact) mass is 485 g/mol. The highest BCUT2D eigenvalue weighted by atomic mass is 16.5. The third kappa shape index (κ3) is 5.65. The molecule has 0 aliphatic carbocycles. The number of hydrogen-bond donors (Lipinski definition) is 2. The second-order valence-electron chi connectivity index (χ2n) is 8.89. The van der Waals surface area contributed by atoms with Gasteiger partial charge in [-0.1, -0.05) is 24.0 Å². The Labute approximate surface area is 209 Å². The number of likely N-dealkylation sites (N-methyl/N-ethyl adjacent to an activating group) is 1. The van der Waals surface area contributed by atoms with Gasteiger partial charge in [-0.3, -0.25) is 14.6 Å². The van der Waals surface area contributed by atoms with Gasteiger partial charge < -0.3 is 24.8 Å². The smallest absolute Gasteiger partial charge is 0.270 e. The van der Waals surface area contributed by atoms with Gasteiger partial charge in [-0.05, 0) is 67.4 Å². The summed E-state index contributed by atoms with van der Waals surface area (Å²) in [5, 5.41) is 12.6. The van der Waals surface area contributed by atoms with E-state index < -0.39 is 17.6 Å². The van der Waals surface area contributed by atoms with Crippen LogP contribution in [0.25, 0.3) is 11.1 Å². The summed E-state index contributed by atoms with van der Waals surface area (Å²) in [6.45, 7) is 3.15. The van der Waals surface area contributed by atoms with E-state index in [4.69, 9.17) is 9.47 Å². The van der Waals surface area contributed by atoms with Gasteiger partial charge in [0.25, 0.3) is 11.8 Å². The summed E-state index contributed by atoms with van der Waals surface area (Å²) in [5.74, 6) is 6.03. The van der Waals surface area contributed by atoms with Crippen molar-refractivity contribution >= 4 is 17.5 Å². The van der Waals surface area contributed by atoms with Crippen LogP contribution in [-0.4, -0.2) is 54.3 Å². The lowest BCUT2D eigenvalue weighted by molar-refractivity contribution is -0.120. The highest BCUT2D eigenvalue weighted by Gasteiger charge is 2.31. The maximum atomic E-state index is 13.2. The minimum Gasteiger partial charge on any atom is -0.497 e. The average Bonchev–Trinajstić information content (AvgIpc) is 2.99. The predicted octanol–water partition coefficient (Wildman–Crippen LogP) is 3.03. The molecule has 1 aliphatic rings. The molecule has 1 aliphatic heterocycles. The van der Waals surface area contributed by atoms with Crippen LogP contribution in [0.1, 0.15) is 29.9 Å². The fourth-order valence-electron chi connectivity index (χ4n) is 3.67. The summed E-state index contributed by atoms with van der Waals surface area (Å²) in [6, 6.07) is 15.2. The molecule has 2 aromatic carbocycles. The third-order valence-corrected chi connectivity index (χ3v) is 5.57. The van der Waals surface area contributed by atoms with Crippen LogP contribution >= 0.6 is 0 Å². The van der Waals surface area contributed by atoms with Crippen molar-refractivity contribution in [3.8, 4) is 34.5 Å². The highest BCUT2D eigenvalue weighted by Crippen LogP contribution is 2.31. The molecule has 4 rings (SSSR count). The summed E-state index contributed by atoms with van der Waals surface area (Å²) in [4.78, 5) is 31.8. The SMILES string of the molecule is COc1cccc(-c2ccnc(C(=O)N[C@@H]3COc4ccc(C#CC(C)(C)O)cc4N(C)C3=O)c2)c1. The molecule has 0 fully saturated rings. The first-order chi connectivity index (χ1) is 17.1. The second kappa shape index (κ2) is 10.1. The molecule has 0 radical (unpaired) electrons. The van der Waals surface area contributed by atoms with Crippen LogP contribution in [0.5, 0.6) is 11.5 Å². The molecule has 0 saturated carbocycles. The molecule has 36 heavy (non-hydrogen) atoms. The Morgan fingerprint density at radius 3 is 2.72 bits per heavy atom. The van der Waals surface area contributed by atoms with E-state index in [2.05, 4.69) is 22.1 Å². The number of aliphatic hydroxyl groups is 1. The molecule has 1 aromatic heterocycles. The van der Waals surface area contributed by atoms with Gasteiger partial charge in [0.05, 0.1) is 12.8 Å². The fourth-order valence-corrected chi connectivity index (χ4v) is 3.67. The molecule has 0 spiro atoms. The highest BCUT2D eigenvalue weighted by molar-refractivity contribution is 6.03. The number of nitrogens with zero attached hydrogens (tertiary/aromatic N) is 2. The van der Waals surface area contributed by atoms with Gasteiger partial charge in [0.15, 0.2) is 0 Å². The van der Waals surface area contributed by atoms with Crippen molar-refractivity contribution in [2.24, 2.45) is 0 Å². The van der Waals surface area contributed by atoms with Gasteiger partial charge in [0, 0.05) is 18.8 Å². The average molecular weight is 486 g/mol. The number of pyridine rings is 1. The predicted molar refractivity (Wildman–Crippen MR) is 136 cm³/mol. The largest absolute Gasteiger partial charge is 0.497 e. The molecular formula is C28H27N3O5. The van der Waals surface area contributed by atoms with E-state index in [0.717, 1.165) is 11.1 Å². The van der Waals surface area contributed by atoms with Crippen molar-refractivity contribution in [1.29, 1.82) is 0 Å². The number of anilines is 1. The van der Waals surface area contributed by atoms with Crippen molar-refractivity contribution in [3.63, 3.8) is 0 Å². The zero-order chi connectivity index (χ0) is 25.9. The second-order valence-corrected chi connectivity index (χ2v) is 8.89. The molecular weight excluding hydrogens is 458 g/mol. The van der Waals surface area contributed by atoms with Gasteiger partial charge in [-0.2, -0.15) is 0 Å². The Bertz CT molecular complexity index is 1370. The quantitative estimate of drug-likeness (QED) is 0.551. The first-order valence-corrected chi connectivity index (χ1v) is 11.4. The number of rotatable bonds is 4. The summed E-state index contributed by atoms with van der Waals surface area (Å²) in [6.07, 6.45) is 1.55. The number of methoxy groups -OCH3 is 1. The minimum atomic E-state index is -1.14. The number of carbonyl (C=O) groups excluding carboxylic acids is 2. The van der Waals surface area contributed by atoms with Crippen molar-refractivity contribution in [1.82, 2.24) is 10.3 Å². The summed E-state index contributed by atoms with van der Waals surface area (Å²) in [5.41, 5.74) is 1.85. The molecule has 184 valence electrons. The number of fused-ring (bicyclic) bond motifs is 1. The molecule has 2 heterocycles. The van der Waals surface area contributed by atoms with Crippen molar-refractivity contribution < 1.29 is 24.2 Å². The first kappa shape index (κ1) is 24.8. The maximum absolute atomic E-state index is 13.2. The maximum Gasteiger partial charge on any atom is 0.270 e. The Hall–Kier alpha value is -4.35. The topological polar surface area (TPSA) is 101 Å². The van der Waals surface area contributed by atoms with Gasteiger partial charge in [0.1, 0.15) is 35.4 Å². The van der Waals surface area contributed by atoms with E-state index in [9.17, 15) is 14.7 Å². The van der Waals surface area contributed by atoms with Crippen LogP contribution in [0.4, 0.5) is 5.69 Å². The Balaban J connectivity index is 1.52. The van der Waals surface area contributed by atoms with Gasteiger partial charge in [-0.15, -0.1) is 0 Å². The van der Waals surface area contributed by atoms with Crippen molar-refractivity contribution in [2.75, 3.05) is 25.7 Å². The number of nitrogens with one attached hydrogen (secondary N) is 1. The lowest BCUT2D eigenvalue weighted by atomic mass is 10.1. The van der Waals surface area contributed by atoms with E-state index in [-0.39, 0.29) is 18.2 Å². The van der Waals surface area contributed by atoms with Crippen molar-refractivity contribution in [2.45, 2.75) is 25.5 Å². The molecule has 2 amide bonds. The van der Waals surface area contributed by atoms with E-state index >= 15 is 0 Å². The molecule has 2 N–H and O–H groups in total. The number of aromatic nitrogens is 1. The molecule has 8 nitrogen and oxygen atoms in total. The normalized spacial score (nSPS) is 15.1. The van der Waals surface area contributed by atoms with Crippen LogP contribution in [0, 0.1) is 11.8 Å². The van der Waals surface area contributed by atoms with Crippen LogP contribution in [0.15, 0.2) is 60.8 Å². The molecule has 0 saturated heterocycles. The molecule has 1 atom stereocenters. The number of benzene rings is 2.